The number of hydrogen-bond donors (Lipinski definition) is 1. The maximum absolute atomic E-state index is 10.5. The normalized spacial score (nSPS) is 14.2. The SMILES string of the molecule is CCCCCCCCCCCCCCOC(C)(N)C=O. The van der Waals surface area contributed by atoms with Crippen molar-refractivity contribution in [3.05, 3.63) is 0 Å². The van der Waals surface area contributed by atoms with Crippen molar-refractivity contribution in [3.63, 3.8) is 0 Å². The zero-order chi connectivity index (χ0) is 15.1. The largest absolute Gasteiger partial charge is 0.354 e. The first-order valence-corrected chi connectivity index (χ1v) is 8.51. The maximum Gasteiger partial charge on any atom is 0.170 e. The van der Waals surface area contributed by atoms with Crippen LogP contribution >= 0.6 is 0 Å². The molecule has 2 N–H and O–H groups in total. The molecule has 20 heavy (non-hydrogen) atoms. The molecular weight excluding hydrogens is 250 g/mol. The fourth-order valence-electron chi connectivity index (χ4n) is 2.27. The van der Waals surface area contributed by atoms with Crippen LogP contribution in [0.2, 0.25) is 0 Å². The Morgan fingerprint density at radius 3 is 1.65 bits per heavy atom. The van der Waals surface area contributed by atoms with Crippen molar-refractivity contribution < 1.29 is 9.53 Å². The second-order valence-electron chi connectivity index (χ2n) is 6.04. The van der Waals surface area contributed by atoms with E-state index in [1.54, 1.807) is 6.92 Å². The van der Waals surface area contributed by atoms with Gasteiger partial charge in [-0.1, -0.05) is 77.6 Å². The molecule has 0 spiro atoms. The third kappa shape index (κ3) is 14.0. The van der Waals surface area contributed by atoms with Gasteiger partial charge in [-0.05, 0) is 13.3 Å². The lowest BCUT2D eigenvalue weighted by Gasteiger charge is -2.17. The van der Waals surface area contributed by atoms with Crippen molar-refractivity contribution in [1.29, 1.82) is 0 Å². The fourth-order valence-corrected chi connectivity index (χ4v) is 2.27. The quantitative estimate of drug-likeness (QED) is 0.272. The van der Waals surface area contributed by atoms with Gasteiger partial charge < -0.3 is 4.74 Å². The van der Waals surface area contributed by atoms with E-state index < -0.39 is 5.72 Å². The minimum Gasteiger partial charge on any atom is -0.354 e. The standard InChI is InChI=1S/C17H35NO2/c1-3-4-5-6-7-8-9-10-11-12-13-14-15-20-17(2,18)16-19/h16H,3-15,18H2,1-2H3. The van der Waals surface area contributed by atoms with E-state index in [4.69, 9.17) is 10.5 Å². The van der Waals surface area contributed by atoms with Gasteiger partial charge in [0.15, 0.2) is 12.0 Å². The van der Waals surface area contributed by atoms with Crippen LogP contribution in [0.3, 0.4) is 0 Å². The Morgan fingerprint density at radius 1 is 0.850 bits per heavy atom. The number of aldehydes is 1. The van der Waals surface area contributed by atoms with Crippen molar-refractivity contribution in [2.24, 2.45) is 5.73 Å². The average molecular weight is 285 g/mol. The number of carbonyl (C=O) groups is 1. The number of carbonyl (C=O) groups excluding carboxylic acids is 1. The van der Waals surface area contributed by atoms with E-state index in [-0.39, 0.29) is 0 Å². The van der Waals surface area contributed by atoms with Crippen LogP contribution in [0, 0.1) is 0 Å². The molecule has 0 aliphatic rings. The van der Waals surface area contributed by atoms with E-state index in [0.29, 0.717) is 12.9 Å². The first kappa shape index (κ1) is 19.6. The number of rotatable bonds is 15. The van der Waals surface area contributed by atoms with Crippen molar-refractivity contribution in [2.45, 2.75) is 96.6 Å². The first-order valence-electron chi connectivity index (χ1n) is 8.51. The van der Waals surface area contributed by atoms with Crippen LogP contribution in [0.4, 0.5) is 0 Å². The van der Waals surface area contributed by atoms with Gasteiger partial charge in [0, 0.05) is 6.61 Å². The molecule has 3 nitrogen and oxygen atoms in total. The third-order valence-electron chi connectivity index (χ3n) is 3.64. The van der Waals surface area contributed by atoms with Crippen LogP contribution in [0.1, 0.15) is 90.9 Å². The second-order valence-corrected chi connectivity index (χ2v) is 6.04. The molecule has 1 atom stereocenters. The highest BCUT2D eigenvalue weighted by Crippen LogP contribution is 2.12. The van der Waals surface area contributed by atoms with E-state index in [0.717, 1.165) is 6.42 Å². The summed E-state index contributed by atoms with van der Waals surface area (Å²) in [6.07, 6.45) is 16.5. The van der Waals surface area contributed by atoms with Gasteiger partial charge in [-0.15, -0.1) is 0 Å². The summed E-state index contributed by atoms with van der Waals surface area (Å²) in [4.78, 5) is 10.5. The molecule has 0 aliphatic heterocycles. The number of hydrogen-bond acceptors (Lipinski definition) is 3. The number of nitrogens with two attached hydrogens (primary N) is 1. The number of ether oxygens (including phenoxy) is 1. The molecular formula is C17H35NO2. The summed E-state index contributed by atoms with van der Waals surface area (Å²) in [5.41, 5.74) is 4.47. The Labute approximate surface area is 125 Å². The van der Waals surface area contributed by atoms with E-state index in [2.05, 4.69) is 6.92 Å². The topological polar surface area (TPSA) is 52.3 Å². The van der Waals surface area contributed by atoms with E-state index in [1.807, 2.05) is 0 Å². The highest BCUT2D eigenvalue weighted by molar-refractivity contribution is 5.60. The molecule has 120 valence electrons. The van der Waals surface area contributed by atoms with Gasteiger partial charge in [0.25, 0.3) is 0 Å². The average Bonchev–Trinajstić information content (AvgIpc) is 2.44. The van der Waals surface area contributed by atoms with Crippen LogP contribution in [-0.4, -0.2) is 18.6 Å². The van der Waals surface area contributed by atoms with Crippen LogP contribution in [0.25, 0.3) is 0 Å². The molecule has 0 aliphatic carbocycles. The molecule has 0 fully saturated rings. The van der Waals surface area contributed by atoms with Gasteiger partial charge >= 0.3 is 0 Å². The minimum absolute atomic E-state index is 0.586. The van der Waals surface area contributed by atoms with Crippen LogP contribution in [0.5, 0.6) is 0 Å². The van der Waals surface area contributed by atoms with Gasteiger partial charge in [0.05, 0.1) is 0 Å². The number of unbranched alkanes of at least 4 members (excludes halogenated alkanes) is 11. The Balaban J connectivity index is 3.08. The van der Waals surface area contributed by atoms with E-state index >= 15 is 0 Å². The van der Waals surface area contributed by atoms with Gasteiger partial charge in [-0.2, -0.15) is 0 Å². The fraction of sp³-hybridized carbons (Fsp3) is 0.941. The molecule has 0 saturated heterocycles. The molecule has 0 saturated carbocycles. The molecule has 0 rings (SSSR count). The molecule has 3 heteroatoms. The predicted molar refractivity (Wildman–Crippen MR) is 85.7 cm³/mol. The predicted octanol–water partition coefficient (Wildman–Crippen LogP) is 4.58. The Morgan fingerprint density at radius 2 is 1.25 bits per heavy atom. The van der Waals surface area contributed by atoms with Gasteiger partial charge in [0.2, 0.25) is 0 Å². The lowest BCUT2D eigenvalue weighted by molar-refractivity contribution is -0.128. The summed E-state index contributed by atoms with van der Waals surface area (Å²) < 4.78 is 5.28. The third-order valence-corrected chi connectivity index (χ3v) is 3.64. The van der Waals surface area contributed by atoms with Crippen LogP contribution in [-0.2, 0) is 9.53 Å². The van der Waals surface area contributed by atoms with Gasteiger partial charge in [-0.3, -0.25) is 10.5 Å². The summed E-state index contributed by atoms with van der Waals surface area (Å²) in [6.45, 7) is 4.45. The highest BCUT2D eigenvalue weighted by atomic mass is 16.5. The first-order chi connectivity index (χ1) is 9.62. The van der Waals surface area contributed by atoms with Gasteiger partial charge in [-0.25, -0.2) is 0 Å². The Kier molecular flexibility index (Phi) is 13.3. The highest BCUT2D eigenvalue weighted by Gasteiger charge is 2.16. The van der Waals surface area contributed by atoms with Crippen molar-refractivity contribution in [3.8, 4) is 0 Å². The molecule has 0 amide bonds. The van der Waals surface area contributed by atoms with Crippen molar-refractivity contribution in [1.82, 2.24) is 0 Å². The summed E-state index contributed by atoms with van der Waals surface area (Å²) >= 11 is 0. The van der Waals surface area contributed by atoms with E-state index in [1.165, 1.54) is 70.6 Å². The Hall–Kier alpha value is -0.410. The maximum atomic E-state index is 10.5. The van der Waals surface area contributed by atoms with E-state index in [9.17, 15) is 4.79 Å². The Bertz CT molecular complexity index is 217. The smallest absolute Gasteiger partial charge is 0.170 e. The molecule has 0 aromatic carbocycles. The second kappa shape index (κ2) is 13.6. The lowest BCUT2D eigenvalue weighted by Crippen LogP contribution is -2.41. The molecule has 1 unspecified atom stereocenters. The summed E-state index contributed by atoms with van der Waals surface area (Å²) in [6, 6.07) is 0. The zero-order valence-corrected chi connectivity index (χ0v) is 13.7. The molecule has 0 radical (unpaired) electrons. The molecule has 0 aromatic heterocycles. The molecule has 0 heterocycles. The zero-order valence-electron chi connectivity index (χ0n) is 13.7. The monoisotopic (exact) mass is 285 g/mol. The molecule has 0 aromatic rings. The van der Waals surface area contributed by atoms with Crippen molar-refractivity contribution >= 4 is 6.29 Å². The lowest BCUT2D eigenvalue weighted by atomic mass is 10.1. The summed E-state index contributed by atoms with van der Waals surface area (Å²) in [5.74, 6) is 0. The van der Waals surface area contributed by atoms with Crippen LogP contribution < -0.4 is 5.73 Å². The van der Waals surface area contributed by atoms with Crippen LogP contribution in [0.15, 0.2) is 0 Å². The molecule has 0 bridgehead atoms. The summed E-state index contributed by atoms with van der Waals surface area (Å²) in [7, 11) is 0. The summed E-state index contributed by atoms with van der Waals surface area (Å²) in [5, 5.41) is 0. The minimum atomic E-state index is -1.10. The van der Waals surface area contributed by atoms with Crippen molar-refractivity contribution in [2.75, 3.05) is 6.61 Å². The van der Waals surface area contributed by atoms with Gasteiger partial charge in [0.1, 0.15) is 0 Å².